The van der Waals surface area contributed by atoms with Crippen LogP contribution in [-0.2, 0) is 0 Å². The Balaban J connectivity index is 2.45. The van der Waals surface area contributed by atoms with Gasteiger partial charge in [0, 0.05) is 0 Å². The van der Waals surface area contributed by atoms with Gasteiger partial charge in [-0.3, -0.25) is 4.90 Å². The topological polar surface area (TPSA) is 15.3 Å². The van der Waals surface area contributed by atoms with Crippen molar-refractivity contribution in [3.8, 4) is 0 Å². The molecular formula is C8H18N2. The van der Waals surface area contributed by atoms with E-state index in [4.69, 9.17) is 0 Å². The van der Waals surface area contributed by atoms with Crippen molar-refractivity contribution >= 4 is 0 Å². The molecule has 0 atom stereocenters. The van der Waals surface area contributed by atoms with Gasteiger partial charge in [0.25, 0.3) is 0 Å². The Labute approximate surface area is 63.6 Å². The standard InChI is InChI=1S/C8H18N2/c1-8(2,9-3)10-6-4-5-7-10/h9H,4-7H2,1-3H3. The van der Waals surface area contributed by atoms with Gasteiger partial charge in [0.05, 0.1) is 5.66 Å². The minimum absolute atomic E-state index is 0.205. The maximum Gasteiger partial charge on any atom is 0.0651 e. The lowest BCUT2D eigenvalue weighted by atomic mass is 10.2. The molecule has 1 heterocycles. The Morgan fingerprint density at radius 1 is 1.20 bits per heavy atom. The highest BCUT2D eigenvalue weighted by atomic mass is 15.3. The van der Waals surface area contributed by atoms with Crippen LogP contribution in [0.15, 0.2) is 0 Å². The maximum atomic E-state index is 3.31. The van der Waals surface area contributed by atoms with Crippen molar-refractivity contribution in [1.82, 2.24) is 10.2 Å². The van der Waals surface area contributed by atoms with E-state index in [2.05, 4.69) is 24.1 Å². The highest BCUT2D eigenvalue weighted by molar-refractivity contribution is 4.80. The summed E-state index contributed by atoms with van der Waals surface area (Å²) in [5.74, 6) is 0. The van der Waals surface area contributed by atoms with Crippen molar-refractivity contribution < 1.29 is 0 Å². The normalized spacial score (nSPS) is 21.9. The molecule has 1 aliphatic rings. The molecule has 0 aromatic carbocycles. The fourth-order valence-electron chi connectivity index (χ4n) is 1.43. The van der Waals surface area contributed by atoms with E-state index in [1.54, 1.807) is 0 Å². The maximum absolute atomic E-state index is 3.31. The van der Waals surface area contributed by atoms with Gasteiger partial charge in [0.15, 0.2) is 0 Å². The monoisotopic (exact) mass is 142 g/mol. The van der Waals surface area contributed by atoms with E-state index in [9.17, 15) is 0 Å². The van der Waals surface area contributed by atoms with Crippen molar-refractivity contribution in [3.05, 3.63) is 0 Å². The van der Waals surface area contributed by atoms with Crippen molar-refractivity contribution in [2.24, 2.45) is 0 Å². The van der Waals surface area contributed by atoms with E-state index in [0.717, 1.165) is 0 Å². The summed E-state index contributed by atoms with van der Waals surface area (Å²) in [5.41, 5.74) is 0.205. The number of nitrogens with zero attached hydrogens (tertiary/aromatic N) is 1. The van der Waals surface area contributed by atoms with Crippen molar-refractivity contribution in [3.63, 3.8) is 0 Å². The van der Waals surface area contributed by atoms with Crippen LogP contribution in [0, 0.1) is 0 Å². The highest BCUT2D eigenvalue weighted by Gasteiger charge is 2.26. The predicted molar refractivity (Wildman–Crippen MR) is 43.9 cm³/mol. The Bertz CT molecular complexity index is 104. The molecule has 2 heteroatoms. The summed E-state index contributed by atoms with van der Waals surface area (Å²) in [4.78, 5) is 2.49. The summed E-state index contributed by atoms with van der Waals surface area (Å²) in [6.45, 7) is 6.98. The fraction of sp³-hybridized carbons (Fsp3) is 1.00. The van der Waals surface area contributed by atoms with E-state index < -0.39 is 0 Å². The number of hydrogen-bond acceptors (Lipinski definition) is 2. The zero-order valence-corrected chi connectivity index (χ0v) is 7.28. The molecule has 0 amide bonds. The van der Waals surface area contributed by atoms with Gasteiger partial charge in [-0.15, -0.1) is 0 Å². The van der Waals surface area contributed by atoms with Crippen LogP contribution in [0.4, 0.5) is 0 Å². The first-order valence-electron chi connectivity index (χ1n) is 4.11. The molecule has 0 spiro atoms. The molecule has 1 aliphatic heterocycles. The molecule has 0 aromatic heterocycles. The van der Waals surface area contributed by atoms with Gasteiger partial charge in [-0.05, 0) is 46.8 Å². The smallest absolute Gasteiger partial charge is 0.0651 e. The molecule has 1 N–H and O–H groups in total. The lowest BCUT2D eigenvalue weighted by Gasteiger charge is -2.34. The molecule has 0 unspecified atom stereocenters. The first kappa shape index (κ1) is 8.02. The second-order valence-electron chi connectivity index (χ2n) is 3.50. The van der Waals surface area contributed by atoms with Crippen LogP contribution in [-0.4, -0.2) is 30.7 Å². The number of hydrogen-bond donors (Lipinski definition) is 1. The molecular weight excluding hydrogens is 124 g/mol. The van der Waals surface area contributed by atoms with E-state index in [1.165, 1.54) is 25.9 Å². The Morgan fingerprint density at radius 3 is 2.10 bits per heavy atom. The zero-order valence-electron chi connectivity index (χ0n) is 7.28. The molecule has 2 nitrogen and oxygen atoms in total. The van der Waals surface area contributed by atoms with Crippen LogP contribution in [0.25, 0.3) is 0 Å². The minimum atomic E-state index is 0.205. The van der Waals surface area contributed by atoms with Gasteiger partial charge in [-0.2, -0.15) is 0 Å². The van der Waals surface area contributed by atoms with Gasteiger partial charge < -0.3 is 5.32 Å². The van der Waals surface area contributed by atoms with Crippen LogP contribution in [0.2, 0.25) is 0 Å². The molecule has 10 heavy (non-hydrogen) atoms. The molecule has 0 bridgehead atoms. The third kappa shape index (κ3) is 1.50. The molecule has 0 saturated carbocycles. The number of rotatable bonds is 2. The Hall–Kier alpha value is -0.0800. The van der Waals surface area contributed by atoms with Crippen LogP contribution >= 0.6 is 0 Å². The number of nitrogens with one attached hydrogen (secondary N) is 1. The lowest BCUT2D eigenvalue weighted by Crippen LogP contribution is -2.51. The van der Waals surface area contributed by atoms with Gasteiger partial charge in [0.2, 0.25) is 0 Å². The molecule has 1 saturated heterocycles. The average molecular weight is 142 g/mol. The van der Waals surface area contributed by atoms with E-state index in [-0.39, 0.29) is 5.66 Å². The summed E-state index contributed by atoms with van der Waals surface area (Å²) < 4.78 is 0. The van der Waals surface area contributed by atoms with Crippen molar-refractivity contribution in [1.29, 1.82) is 0 Å². The molecule has 1 rings (SSSR count). The Kier molecular flexibility index (Phi) is 2.32. The third-order valence-corrected chi connectivity index (χ3v) is 2.51. The van der Waals surface area contributed by atoms with E-state index in [1.807, 2.05) is 7.05 Å². The lowest BCUT2D eigenvalue weighted by molar-refractivity contribution is 0.126. The first-order valence-corrected chi connectivity index (χ1v) is 4.11. The molecule has 1 fully saturated rings. The summed E-state index contributed by atoms with van der Waals surface area (Å²) >= 11 is 0. The van der Waals surface area contributed by atoms with Crippen LogP contribution < -0.4 is 5.32 Å². The first-order chi connectivity index (χ1) is 4.67. The van der Waals surface area contributed by atoms with E-state index in [0.29, 0.717) is 0 Å². The summed E-state index contributed by atoms with van der Waals surface area (Å²) in [7, 11) is 2.03. The SMILES string of the molecule is CNC(C)(C)N1CCCC1. The van der Waals surface area contributed by atoms with Crippen LogP contribution in [0.1, 0.15) is 26.7 Å². The summed E-state index contributed by atoms with van der Waals surface area (Å²) in [6.07, 6.45) is 2.73. The van der Waals surface area contributed by atoms with Crippen LogP contribution in [0.3, 0.4) is 0 Å². The Morgan fingerprint density at radius 2 is 1.70 bits per heavy atom. The fourth-order valence-corrected chi connectivity index (χ4v) is 1.43. The second-order valence-corrected chi connectivity index (χ2v) is 3.50. The van der Waals surface area contributed by atoms with Gasteiger partial charge in [-0.25, -0.2) is 0 Å². The molecule has 0 aliphatic carbocycles. The van der Waals surface area contributed by atoms with Crippen molar-refractivity contribution in [2.45, 2.75) is 32.4 Å². The molecule has 0 radical (unpaired) electrons. The van der Waals surface area contributed by atoms with Gasteiger partial charge in [-0.1, -0.05) is 0 Å². The quantitative estimate of drug-likeness (QED) is 0.619. The van der Waals surface area contributed by atoms with Gasteiger partial charge in [0.1, 0.15) is 0 Å². The average Bonchev–Trinajstić information content (AvgIpc) is 2.38. The molecule has 0 aromatic rings. The van der Waals surface area contributed by atoms with E-state index >= 15 is 0 Å². The second kappa shape index (κ2) is 2.89. The summed E-state index contributed by atoms with van der Waals surface area (Å²) in [6, 6.07) is 0. The molecule has 60 valence electrons. The summed E-state index contributed by atoms with van der Waals surface area (Å²) in [5, 5.41) is 3.31. The zero-order chi connectivity index (χ0) is 7.61. The van der Waals surface area contributed by atoms with Gasteiger partial charge >= 0.3 is 0 Å². The van der Waals surface area contributed by atoms with Crippen molar-refractivity contribution in [2.75, 3.05) is 20.1 Å². The predicted octanol–water partition coefficient (Wildman–Crippen LogP) is 1.04. The highest BCUT2D eigenvalue weighted by Crippen LogP contribution is 2.17. The third-order valence-electron chi connectivity index (χ3n) is 2.51. The van der Waals surface area contributed by atoms with Crippen LogP contribution in [0.5, 0.6) is 0 Å². The minimum Gasteiger partial charge on any atom is -0.303 e. The largest absolute Gasteiger partial charge is 0.303 e. The number of likely N-dealkylation sites (tertiary alicyclic amines) is 1.